The van der Waals surface area contributed by atoms with Crippen LogP contribution in [0, 0.1) is 0 Å². The lowest BCUT2D eigenvalue weighted by atomic mass is 10.1. The minimum atomic E-state index is -3.11. The molecule has 0 unspecified atom stereocenters. The summed E-state index contributed by atoms with van der Waals surface area (Å²) in [4.78, 5) is 13.9. The van der Waals surface area contributed by atoms with Crippen molar-refractivity contribution >= 4 is 21.8 Å². The fourth-order valence-electron chi connectivity index (χ4n) is 1.83. The van der Waals surface area contributed by atoms with Gasteiger partial charge in [-0.25, -0.2) is 8.42 Å². The number of nitrogens with zero attached hydrogens (tertiary/aromatic N) is 3. The maximum Gasteiger partial charge on any atom is 0.247 e. The predicted octanol–water partition coefficient (Wildman–Crippen LogP) is 1.11. The number of hydrogen-bond donors (Lipinski definition) is 0. The second-order valence-electron chi connectivity index (χ2n) is 6.00. The highest BCUT2D eigenvalue weighted by Gasteiger charge is 2.25. The molecule has 0 N–H and O–H groups in total. The zero-order chi connectivity index (χ0) is 16.3. The Morgan fingerprint density at radius 2 is 2.05 bits per heavy atom. The topological polar surface area (TPSA) is 72.3 Å². The van der Waals surface area contributed by atoms with Gasteiger partial charge >= 0.3 is 0 Å². The van der Waals surface area contributed by atoms with Gasteiger partial charge in [0.05, 0.1) is 11.4 Å². The van der Waals surface area contributed by atoms with E-state index >= 15 is 0 Å². The molecule has 0 spiro atoms. The van der Waals surface area contributed by atoms with E-state index in [-0.39, 0.29) is 18.2 Å². The number of amides is 1. The van der Waals surface area contributed by atoms with Crippen LogP contribution in [-0.2, 0) is 21.7 Å². The Morgan fingerprint density at radius 1 is 1.43 bits per heavy atom. The van der Waals surface area contributed by atoms with Gasteiger partial charge in [-0.3, -0.25) is 9.48 Å². The van der Waals surface area contributed by atoms with Crippen LogP contribution in [-0.4, -0.2) is 53.1 Å². The minimum absolute atomic E-state index is 0.0461. The van der Waals surface area contributed by atoms with Gasteiger partial charge in [0.15, 0.2) is 0 Å². The van der Waals surface area contributed by atoms with Crippen molar-refractivity contribution in [1.29, 1.82) is 0 Å². The summed E-state index contributed by atoms with van der Waals surface area (Å²) in [5.74, 6) is -0.261. The van der Waals surface area contributed by atoms with E-state index in [0.29, 0.717) is 0 Å². The molecule has 1 aromatic rings. The Kier molecular flexibility index (Phi) is 5.33. The molecule has 0 aromatic carbocycles. The largest absolute Gasteiger partial charge is 0.333 e. The first kappa shape index (κ1) is 17.4. The van der Waals surface area contributed by atoms with Gasteiger partial charge in [-0.2, -0.15) is 5.10 Å². The third-order valence-electron chi connectivity index (χ3n) is 3.02. The molecule has 0 bridgehead atoms. The second kappa shape index (κ2) is 6.43. The van der Waals surface area contributed by atoms with Crippen LogP contribution in [0.5, 0.6) is 0 Å². The van der Waals surface area contributed by atoms with Crippen molar-refractivity contribution in [3.05, 3.63) is 24.0 Å². The third-order valence-corrected chi connectivity index (χ3v) is 3.94. The smallest absolute Gasteiger partial charge is 0.247 e. The van der Waals surface area contributed by atoms with Gasteiger partial charge < -0.3 is 4.90 Å². The zero-order valence-corrected chi connectivity index (χ0v) is 14.0. The van der Waals surface area contributed by atoms with Crippen LogP contribution in [0.1, 0.15) is 26.5 Å². The van der Waals surface area contributed by atoms with Gasteiger partial charge in [-0.1, -0.05) is 0 Å². The normalized spacial score (nSPS) is 12.8. The summed E-state index contributed by atoms with van der Waals surface area (Å²) in [5.41, 5.74) is 0.360. The van der Waals surface area contributed by atoms with Crippen molar-refractivity contribution in [1.82, 2.24) is 14.7 Å². The number of carbonyl (C=O) groups excluding carboxylic acids is 1. The van der Waals surface area contributed by atoms with Gasteiger partial charge in [-0.15, -0.1) is 0 Å². The van der Waals surface area contributed by atoms with Crippen molar-refractivity contribution in [3.63, 3.8) is 0 Å². The number of aryl methyl sites for hydroxylation is 1. The lowest BCUT2D eigenvalue weighted by Crippen LogP contribution is -2.47. The summed E-state index contributed by atoms with van der Waals surface area (Å²) in [7, 11) is -1.32. The Labute approximate surface area is 126 Å². The van der Waals surface area contributed by atoms with Crippen molar-refractivity contribution in [2.75, 3.05) is 18.6 Å². The number of sulfone groups is 1. The summed E-state index contributed by atoms with van der Waals surface area (Å²) in [5, 5.41) is 4.02. The second-order valence-corrected chi connectivity index (χ2v) is 8.26. The first-order chi connectivity index (χ1) is 9.50. The number of rotatable bonds is 5. The van der Waals surface area contributed by atoms with Crippen molar-refractivity contribution in [2.24, 2.45) is 7.05 Å². The molecule has 0 saturated heterocycles. The van der Waals surface area contributed by atoms with E-state index in [1.54, 1.807) is 35.0 Å². The molecule has 0 radical (unpaired) electrons. The van der Waals surface area contributed by atoms with Crippen molar-refractivity contribution in [3.8, 4) is 0 Å². The predicted molar refractivity (Wildman–Crippen MR) is 83.4 cm³/mol. The molecule has 0 fully saturated rings. The monoisotopic (exact) mass is 313 g/mol. The molecule has 0 saturated carbocycles. The highest BCUT2D eigenvalue weighted by atomic mass is 32.2. The van der Waals surface area contributed by atoms with E-state index in [2.05, 4.69) is 5.10 Å². The molecule has 0 aliphatic rings. The van der Waals surface area contributed by atoms with Gasteiger partial charge in [0.1, 0.15) is 9.84 Å². The van der Waals surface area contributed by atoms with Crippen LogP contribution in [0.25, 0.3) is 6.08 Å². The fraction of sp³-hybridized carbons (Fsp3) is 0.571. The summed E-state index contributed by atoms with van der Waals surface area (Å²) >= 11 is 0. The molecule has 7 heteroatoms. The quantitative estimate of drug-likeness (QED) is 0.763. The van der Waals surface area contributed by atoms with E-state index < -0.39 is 15.4 Å². The zero-order valence-electron chi connectivity index (χ0n) is 13.2. The van der Waals surface area contributed by atoms with Crippen LogP contribution in [0.3, 0.4) is 0 Å². The van der Waals surface area contributed by atoms with Gasteiger partial charge in [-0.05, 0) is 32.9 Å². The molecule has 6 nitrogen and oxygen atoms in total. The Morgan fingerprint density at radius 3 is 2.48 bits per heavy atom. The molecule has 1 rings (SSSR count). The van der Waals surface area contributed by atoms with Crippen LogP contribution in [0.4, 0.5) is 0 Å². The van der Waals surface area contributed by atoms with Gasteiger partial charge in [0, 0.05) is 37.7 Å². The molecule has 0 aliphatic heterocycles. The first-order valence-electron chi connectivity index (χ1n) is 6.66. The maximum absolute atomic E-state index is 12.3. The molecular weight excluding hydrogens is 290 g/mol. The molecule has 1 aromatic heterocycles. The van der Waals surface area contributed by atoms with Crippen LogP contribution in [0.2, 0.25) is 0 Å². The van der Waals surface area contributed by atoms with E-state index in [4.69, 9.17) is 0 Å². The van der Waals surface area contributed by atoms with E-state index in [1.165, 1.54) is 12.3 Å². The first-order valence-corrected chi connectivity index (χ1v) is 8.72. The summed E-state index contributed by atoms with van der Waals surface area (Å²) < 4.78 is 24.3. The summed E-state index contributed by atoms with van der Waals surface area (Å²) in [6, 6.07) is 1.79. The minimum Gasteiger partial charge on any atom is -0.333 e. The van der Waals surface area contributed by atoms with Crippen LogP contribution >= 0.6 is 0 Å². The fourth-order valence-corrected chi connectivity index (χ4v) is 2.34. The van der Waals surface area contributed by atoms with E-state index in [1.807, 2.05) is 20.8 Å². The molecule has 0 aliphatic carbocycles. The number of aromatic nitrogens is 2. The summed E-state index contributed by atoms with van der Waals surface area (Å²) in [6.07, 6.45) is 5.94. The molecule has 118 valence electrons. The third kappa shape index (κ3) is 5.71. The molecule has 21 heavy (non-hydrogen) atoms. The average Bonchev–Trinajstić information content (AvgIpc) is 2.69. The molecule has 1 amide bonds. The Balaban J connectivity index is 2.86. The maximum atomic E-state index is 12.3. The highest BCUT2D eigenvalue weighted by Crippen LogP contribution is 2.14. The lowest BCUT2D eigenvalue weighted by molar-refractivity contribution is -0.130. The van der Waals surface area contributed by atoms with E-state index in [0.717, 1.165) is 5.69 Å². The van der Waals surface area contributed by atoms with E-state index in [9.17, 15) is 13.2 Å². The average molecular weight is 313 g/mol. The molecule has 0 atom stereocenters. The molecular formula is C14H23N3O3S. The van der Waals surface area contributed by atoms with Crippen molar-refractivity contribution in [2.45, 2.75) is 26.3 Å². The Bertz CT molecular complexity index is 624. The number of carbonyl (C=O) groups is 1. The summed E-state index contributed by atoms with van der Waals surface area (Å²) in [6.45, 7) is 5.82. The Hall–Kier alpha value is -1.63. The standard InChI is InChI=1S/C14H23N3O3S/c1-14(2,3)17(10-11-21(5,19)20)13(18)7-6-12-8-9-15-16(12)4/h6-9H,10-11H2,1-5H3/b7-6+. The van der Waals surface area contributed by atoms with Gasteiger partial charge in [0.2, 0.25) is 5.91 Å². The van der Waals surface area contributed by atoms with Gasteiger partial charge in [0.25, 0.3) is 0 Å². The van der Waals surface area contributed by atoms with Crippen molar-refractivity contribution < 1.29 is 13.2 Å². The number of hydrogen-bond acceptors (Lipinski definition) is 4. The molecule has 1 heterocycles. The highest BCUT2D eigenvalue weighted by molar-refractivity contribution is 7.90. The SMILES string of the molecule is Cn1nccc1/C=C/C(=O)N(CCS(C)(=O)=O)C(C)(C)C. The lowest BCUT2D eigenvalue weighted by Gasteiger charge is -2.34. The van der Waals surface area contributed by atoms with Crippen LogP contribution in [0.15, 0.2) is 18.3 Å². The van der Waals surface area contributed by atoms with Crippen LogP contribution < -0.4 is 0 Å².